The minimum atomic E-state index is -0.559. The smallest absolute Gasteiger partial charge is 0.342 e. The Kier molecular flexibility index (Phi) is 3.53. The van der Waals surface area contributed by atoms with Gasteiger partial charge in [0.25, 0.3) is 0 Å². The average Bonchev–Trinajstić information content (AvgIpc) is 2.60. The van der Waals surface area contributed by atoms with Gasteiger partial charge in [-0.25, -0.2) is 19.8 Å². The van der Waals surface area contributed by atoms with Crippen molar-refractivity contribution in [3.8, 4) is 0 Å². The van der Waals surface area contributed by atoms with Crippen molar-refractivity contribution < 1.29 is 9.72 Å². The second kappa shape index (κ2) is 4.87. The van der Waals surface area contributed by atoms with Crippen LogP contribution in [0.5, 0.6) is 0 Å². The lowest BCUT2D eigenvalue weighted by Crippen LogP contribution is -2.28. The maximum Gasteiger partial charge on any atom is 0.342 e. The molecule has 0 aliphatic carbocycles. The molecular formula is C7H10N6O3. The second-order valence-electron chi connectivity index (χ2n) is 2.74. The topological polar surface area (TPSA) is 114 Å². The number of carbonyl (C=O) groups is 1. The van der Waals surface area contributed by atoms with Crippen molar-refractivity contribution in [3.63, 3.8) is 0 Å². The van der Waals surface area contributed by atoms with Crippen molar-refractivity contribution in [1.82, 2.24) is 20.3 Å². The molecule has 9 heteroatoms. The van der Waals surface area contributed by atoms with E-state index in [0.717, 1.165) is 6.20 Å². The highest BCUT2D eigenvalue weighted by atomic mass is 16.6. The Hall–Kier alpha value is -2.45. The highest BCUT2D eigenvalue weighted by molar-refractivity contribution is 5.79. The molecule has 16 heavy (non-hydrogen) atoms. The van der Waals surface area contributed by atoms with Crippen LogP contribution in [-0.2, 0) is 7.05 Å². The van der Waals surface area contributed by atoms with Crippen LogP contribution < -0.4 is 10.7 Å². The number of nitrogens with zero attached hydrogens (tertiary/aromatic N) is 4. The Morgan fingerprint density at radius 3 is 2.94 bits per heavy atom. The van der Waals surface area contributed by atoms with Crippen molar-refractivity contribution in [2.45, 2.75) is 0 Å². The van der Waals surface area contributed by atoms with Gasteiger partial charge in [-0.15, -0.1) is 0 Å². The molecule has 0 saturated carbocycles. The van der Waals surface area contributed by atoms with Crippen molar-refractivity contribution in [2.24, 2.45) is 12.1 Å². The number of nitro groups is 1. The molecule has 0 aromatic carbocycles. The molecule has 0 unspecified atom stereocenters. The molecule has 2 amide bonds. The van der Waals surface area contributed by atoms with Crippen LogP contribution in [0, 0.1) is 10.1 Å². The zero-order chi connectivity index (χ0) is 12.1. The van der Waals surface area contributed by atoms with E-state index in [4.69, 9.17) is 0 Å². The predicted molar refractivity (Wildman–Crippen MR) is 55.0 cm³/mol. The molecule has 0 fully saturated rings. The maximum atomic E-state index is 10.7. The molecule has 9 nitrogen and oxygen atoms in total. The molecular weight excluding hydrogens is 216 g/mol. The number of amides is 2. The molecule has 1 heterocycles. The molecule has 0 aliphatic rings. The summed E-state index contributed by atoms with van der Waals surface area (Å²) in [5.41, 5.74) is 2.14. The fourth-order valence-electron chi connectivity index (χ4n) is 0.909. The summed E-state index contributed by atoms with van der Waals surface area (Å²) in [4.78, 5) is 24.4. The van der Waals surface area contributed by atoms with E-state index >= 15 is 0 Å². The third kappa shape index (κ3) is 2.53. The van der Waals surface area contributed by atoms with E-state index in [1.54, 1.807) is 0 Å². The van der Waals surface area contributed by atoms with Crippen molar-refractivity contribution >= 4 is 18.1 Å². The second-order valence-corrected chi connectivity index (χ2v) is 2.74. The maximum absolute atomic E-state index is 10.7. The van der Waals surface area contributed by atoms with Crippen LogP contribution in [0.1, 0.15) is 5.82 Å². The molecule has 1 aromatic rings. The number of carbonyl (C=O) groups excluding carboxylic acids is 1. The monoisotopic (exact) mass is 226 g/mol. The zero-order valence-corrected chi connectivity index (χ0v) is 8.67. The first-order valence-corrected chi connectivity index (χ1v) is 4.23. The largest absolute Gasteiger partial charge is 0.358 e. The lowest BCUT2D eigenvalue weighted by atomic mass is 10.6. The van der Waals surface area contributed by atoms with Crippen LogP contribution in [0.25, 0.3) is 0 Å². The number of urea groups is 1. The number of nitrogens with one attached hydrogen (secondary N) is 2. The van der Waals surface area contributed by atoms with Crippen molar-refractivity contribution in [2.75, 3.05) is 7.05 Å². The van der Waals surface area contributed by atoms with Gasteiger partial charge in [0.05, 0.1) is 7.05 Å². The SMILES string of the molecule is CNC(=O)NN=Cc1ncc([N+](=O)[O-])n1C. The highest BCUT2D eigenvalue weighted by Gasteiger charge is 2.14. The number of hydrazone groups is 1. The summed E-state index contributed by atoms with van der Waals surface area (Å²) in [6.07, 6.45) is 2.32. The average molecular weight is 226 g/mol. The Morgan fingerprint density at radius 2 is 2.44 bits per heavy atom. The van der Waals surface area contributed by atoms with Crippen LogP contribution >= 0.6 is 0 Å². The normalized spacial score (nSPS) is 10.4. The van der Waals surface area contributed by atoms with Gasteiger partial charge >= 0.3 is 11.8 Å². The molecule has 1 aromatic heterocycles. The fourth-order valence-corrected chi connectivity index (χ4v) is 0.909. The molecule has 86 valence electrons. The third-order valence-electron chi connectivity index (χ3n) is 1.76. The van der Waals surface area contributed by atoms with Crippen LogP contribution in [0.15, 0.2) is 11.3 Å². The predicted octanol–water partition coefficient (Wildman–Crippen LogP) is -0.409. The molecule has 0 atom stereocenters. The lowest BCUT2D eigenvalue weighted by molar-refractivity contribution is -0.391. The quantitative estimate of drug-likeness (QED) is 0.414. The first kappa shape index (κ1) is 11.6. The zero-order valence-electron chi connectivity index (χ0n) is 8.67. The standard InChI is InChI=1S/C7H10N6O3/c1-8-7(14)11-10-3-5-9-4-6(12(5)2)13(15)16/h3-4H,1-2H3,(H2,8,11,14). The van der Waals surface area contributed by atoms with Gasteiger partial charge in [0, 0.05) is 7.05 Å². The number of hydrogen-bond donors (Lipinski definition) is 2. The first-order chi connectivity index (χ1) is 7.56. The fraction of sp³-hybridized carbons (Fsp3) is 0.286. The molecule has 2 N–H and O–H groups in total. The molecule has 0 spiro atoms. The van der Waals surface area contributed by atoms with Gasteiger partial charge in [-0.2, -0.15) is 5.10 Å². The van der Waals surface area contributed by atoms with E-state index in [0.29, 0.717) is 0 Å². The van der Waals surface area contributed by atoms with Crippen molar-refractivity contribution in [1.29, 1.82) is 0 Å². The molecule has 1 rings (SSSR count). The number of rotatable bonds is 3. The Balaban J connectivity index is 2.75. The lowest BCUT2D eigenvalue weighted by Gasteiger charge is -1.95. The van der Waals surface area contributed by atoms with Gasteiger partial charge in [-0.05, 0) is 4.92 Å². The summed E-state index contributed by atoms with van der Waals surface area (Å²) >= 11 is 0. The van der Waals surface area contributed by atoms with E-state index in [1.165, 1.54) is 24.9 Å². The summed E-state index contributed by atoms with van der Waals surface area (Å²) in [6, 6.07) is -0.486. The van der Waals surface area contributed by atoms with Gasteiger partial charge < -0.3 is 15.4 Å². The number of hydrogen-bond acceptors (Lipinski definition) is 5. The van der Waals surface area contributed by atoms with Crippen LogP contribution in [0.2, 0.25) is 0 Å². The van der Waals surface area contributed by atoms with E-state index in [1.807, 2.05) is 0 Å². The molecule has 0 radical (unpaired) electrons. The van der Waals surface area contributed by atoms with Gasteiger partial charge in [-0.3, -0.25) is 0 Å². The van der Waals surface area contributed by atoms with E-state index in [9.17, 15) is 14.9 Å². The Morgan fingerprint density at radius 1 is 1.75 bits per heavy atom. The minimum absolute atomic E-state index is 0.151. The van der Waals surface area contributed by atoms with E-state index in [2.05, 4.69) is 20.8 Å². The molecule has 0 aliphatic heterocycles. The molecule has 0 bridgehead atoms. The van der Waals surface area contributed by atoms with Crippen molar-refractivity contribution in [3.05, 3.63) is 22.1 Å². The van der Waals surface area contributed by atoms with Crippen LogP contribution in [-0.4, -0.2) is 33.8 Å². The summed E-state index contributed by atoms with van der Waals surface area (Å²) < 4.78 is 1.25. The van der Waals surface area contributed by atoms with Crippen LogP contribution in [0.3, 0.4) is 0 Å². The van der Waals surface area contributed by atoms with Crippen LogP contribution in [0.4, 0.5) is 10.6 Å². The first-order valence-electron chi connectivity index (χ1n) is 4.23. The van der Waals surface area contributed by atoms with E-state index < -0.39 is 11.0 Å². The Labute approximate surface area is 90.3 Å². The Bertz CT molecular complexity index is 437. The summed E-state index contributed by atoms with van der Waals surface area (Å²) in [7, 11) is 2.92. The minimum Gasteiger partial charge on any atom is -0.358 e. The van der Waals surface area contributed by atoms with Gasteiger partial charge in [0.1, 0.15) is 12.4 Å². The third-order valence-corrected chi connectivity index (χ3v) is 1.76. The number of imidazole rings is 1. The van der Waals surface area contributed by atoms with Gasteiger partial charge in [0.15, 0.2) is 0 Å². The number of aromatic nitrogens is 2. The highest BCUT2D eigenvalue weighted by Crippen LogP contribution is 2.09. The van der Waals surface area contributed by atoms with E-state index in [-0.39, 0.29) is 11.6 Å². The summed E-state index contributed by atoms with van der Waals surface area (Å²) in [5, 5.41) is 16.3. The molecule has 0 saturated heterocycles. The van der Waals surface area contributed by atoms with Gasteiger partial charge in [-0.1, -0.05) is 0 Å². The summed E-state index contributed by atoms with van der Waals surface area (Å²) in [6.45, 7) is 0. The van der Waals surface area contributed by atoms with Gasteiger partial charge in [0.2, 0.25) is 5.82 Å². The summed E-state index contributed by atoms with van der Waals surface area (Å²) in [5.74, 6) is 0.115.